The number of amides is 2. The summed E-state index contributed by atoms with van der Waals surface area (Å²) in [5, 5.41) is 5.64. The van der Waals surface area contributed by atoms with E-state index in [-0.39, 0.29) is 29.9 Å². The summed E-state index contributed by atoms with van der Waals surface area (Å²) in [7, 11) is 2.96. The van der Waals surface area contributed by atoms with Crippen LogP contribution in [0.3, 0.4) is 0 Å². The molecule has 0 fully saturated rings. The van der Waals surface area contributed by atoms with E-state index < -0.39 is 5.91 Å². The molecule has 0 aliphatic carbocycles. The molecule has 0 atom stereocenters. The van der Waals surface area contributed by atoms with Crippen molar-refractivity contribution in [2.45, 2.75) is 39.5 Å². The smallest absolute Gasteiger partial charge is 0.259 e. The maximum Gasteiger partial charge on any atom is 0.259 e. The minimum absolute atomic E-state index is 0.163. The van der Waals surface area contributed by atoms with Crippen molar-refractivity contribution >= 4 is 17.5 Å². The second-order valence-corrected chi connectivity index (χ2v) is 7.39. The van der Waals surface area contributed by atoms with Crippen molar-refractivity contribution in [3.05, 3.63) is 53.1 Å². The SMILES string of the molecule is COc1cccc(OC)c1C(=O)NCC(=O)Nc1c(C(C)C)cccc1C(C)C. The zero-order chi connectivity index (χ0) is 21.6. The van der Waals surface area contributed by atoms with Crippen molar-refractivity contribution in [1.82, 2.24) is 5.32 Å². The van der Waals surface area contributed by atoms with Gasteiger partial charge in [0.05, 0.1) is 20.8 Å². The molecule has 2 N–H and O–H groups in total. The molecule has 0 saturated heterocycles. The number of rotatable bonds is 8. The number of benzene rings is 2. The molecule has 2 rings (SSSR count). The average molecular weight is 399 g/mol. The van der Waals surface area contributed by atoms with Gasteiger partial charge in [0.1, 0.15) is 17.1 Å². The molecule has 0 saturated carbocycles. The summed E-state index contributed by atoms with van der Waals surface area (Å²) in [6.07, 6.45) is 0. The van der Waals surface area contributed by atoms with Gasteiger partial charge in [0, 0.05) is 5.69 Å². The lowest BCUT2D eigenvalue weighted by Gasteiger charge is -2.20. The Labute approximate surface area is 172 Å². The molecule has 0 radical (unpaired) electrons. The van der Waals surface area contributed by atoms with Gasteiger partial charge in [-0.05, 0) is 35.1 Å². The van der Waals surface area contributed by atoms with Gasteiger partial charge in [-0.3, -0.25) is 9.59 Å². The van der Waals surface area contributed by atoms with E-state index in [0.29, 0.717) is 11.5 Å². The molecule has 0 aromatic heterocycles. The molecule has 156 valence electrons. The summed E-state index contributed by atoms with van der Waals surface area (Å²) in [6, 6.07) is 11.1. The summed E-state index contributed by atoms with van der Waals surface area (Å²) in [5.41, 5.74) is 3.23. The minimum Gasteiger partial charge on any atom is -0.496 e. The topological polar surface area (TPSA) is 76.7 Å². The summed E-state index contributed by atoms with van der Waals surface area (Å²) >= 11 is 0. The lowest BCUT2D eigenvalue weighted by Crippen LogP contribution is -2.33. The third kappa shape index (κ3) is 5.28. The summed E-state index contributed by atoms with van der Waals surface area (Å²) in [6.45, 7) is 8.19. The molecular formula is C23H30N2O4. The van der Waals surface area contributed by atoms with Crippen LogP contribution in [-0.4, -0.2) is 32.6 Å². The van der Waals surface area contributed by atoms with Crippen LogP contribution in [0.25, 0.3) is 0 Å². The lowest BCUT2D eigenvalue weighted by atomic mass is 9.92. The Bertz CT molecular complexity index is 827. The molecule has 29 heavy (non-hydrogen) atoms. The van der Waals surface area contributed by atoms with E-state index in [0.717, 1.165) is 16.8 Å². The number of carbonyl (C=O) groups excluding carboxylic acids is 2. The van der Waals surface area contributed by atoms with Gasteiger partial charge in [0.15, 0.2) is 0 Å². The fourth-order valence-corrected chi connectivity index (χ4v) is 3.20. The fourth-order valence-electron chi connectivity index (χ4n) is 3.20. The first-order valence-electron chi connectivity index (χ1n) is 9.71. The maximum absolute atomic E-state index is 12.7. The van der Waals surface area contributed by atoms with E-state index in [1.807, 2.05) is 18.2 Å². The molecule has 0 aliphatic heterocycles. The average Bonchev–Trinajstić information content (AvgIpc) is 2.70. The number of para-hydroxylation sites is 1. The van der Waals surface area contributed by atoms with Gasteiger partial charge in [-0.25, -0.2) is 0 Å². The largest absolute Gasteiger partial charge is 0.496 e. The molecule has 0 bridgehead atoms. The number of carbonyl (C=O) groups is 2. The first-order chi connectivity index (χ1) is 13.8. The van der Waals surface area contributed by atoms with Crippen molar-refractivity contribution in [3.8, 4) is 11.5 Å². The highest BCUT2D eigenvalue weighted by molar-refractivity contribution is 6.03. The van der Waals surface area contributed by atoms with Gasteiger partial charge in [-0.1, -0.05) is 52.0 Å². The van der Waals surface area contributed by atoms with Crippen LogP contribution in [0.2, 0.25) is 0 Å². The number of hydrogen-bond donors (Lipinski definition) is 2. The van der Waals surface area contributed by atoms with Gasteiger partial charge in [-0.2, -0.15) is 0 Å². The van der Waals surface area contributed by atoms with Crippen LogP contribution in [0.4, 0.5) is 5.69 Å². The number of methoxy groups -OCH3 is 2. The molecule has 0 spiro atoms. The zero-order valence-electron chi connectivity index (χ0n) is 18.0. The summed E-state index contributed by atoms with van der Waals surface area (Å²) in [5.74, 6) is 0.565. The van der Waals surface area contributed by atoms with Crippen LogP contribution in [0, 0.1) is 0 Å². The Morgan fingerprint density at radius 2 is 1.34 bits per heavy atom. The van der Waals surface area contributed by atoms with Gasteiger partial charge in [0.25, 0.3) is 5.91 Å². The molecule has 0 heterocycles. The van der Waals surface area contributed by atoms with Crippen molar-refractivity contribution in [2.75, 3.05) is 26.1 Å². The van der Waals surface area contributed by atoms with Crippen LogP contribution < -0.4 is 20.1 Å². The number of ether oxygens (including phenoxy) is 2. The van der Waals surface area contributed by atoms with E-state index >= 15 is 0 Å². The van der Waals surface area contributed by atoms with Gasteiger partial charge in [-0.15, -0.1) is 0 Å². The van der Waals surface area contributed by atoms with Crippen LogP contribution >= 0.6 is 0 Å². The molecule has 2 amide bonds. The number of hydrogen-bond acceptors (Lipinski definition) is 4. The zero-order valence-corrected chi connectivity index (χ0v) is 18.0. The highest BCUT2D eigenvalue weighted by Gasteiger charge is 2.20. The highest BCUT2D eigenvalue weighted by atomic mass is 16.5. The fraction of sp³-hybridized carbons (Fsp3) is 0.391. The van der Waals surface area contributed by atoms with Crippen molar-refractivity contribution in [2.24, 2.45) is 0 Å². The Hall–Kier alpha value is -3.02. The van der Waals surface area contributed by atoms with E-state index in [1.54, 1.807) is 18.2 Å². The Morgan fingerprint density at radius 3 is 1.79 bits per heavy atom. The van der Waals surface area contributed by atoms with Crippen molar-refractivity contribution in [1.29, 1.82) is 0 Å². The quantitative estimate of drug-likeness (QED) is 0.694. The summed E-state index contributed by atoms with van der Waals surface area (Å²) in [4.78, 5) is 25.3. The first-order valence-corrected chi connectivity index (χ1v) is 9.71. The van der Waals surface area contributed by atoms with Crippen LogP contribution in [0.15, 0.2) is 36.4 Å². The Balaban J connectivity index is 2.17. The maximum atomic E-state index is 12.7. The number of nitrogens with one attached hydrogen (secondary N) is 2. The molecule has 2 aromatic rings. The molecule has 2 aromatic carbocycles. The summed E-state index contributed by atoms with van der Waals surface area (Å²) < 4.78 is 10.5. The van der Waals surface area contributed by atoms with E-state index in [9.17, 15) is 9.59 Å². The van der Waals surface area contributed by atoms with Crippen molar-refractivity contribution in [3.63, 3.8) is 0 Å². The van der Waals surface area contributed by atoms with Gasteiger partial charge in [0.2, 0.25) is 5.91 Å². The highest BCUT2D eigenvalue weighted by Crippen LogP contribution is 2.32. The Kier molecular flexibility index (Phi) is 7.65. The first kappa shape index (κ1) is 22.3. The predicted octanol–water partition coefficient (Wildman–Crippen LogP) is 4.32. The standard InChI is InChI=1S/C23H30N2O4/c1-14(2)16-9-7-10-17(15(3)4)22(16)25-20(26)13-24-23(27)21-18(28-5)11-8-12-19(21)29-6/h7-12,14-15H,13H2,1-6H3,(H,24,27)(H,25,26). The van der Waals surface area contributed by atoms with E-state index in [2.05, 4.69) is 38.3 Å². The number of anilines is 1. The van der Waals surface area contributed by atoms with E-state index in [4.69, 9.17) is 9.47 Å². The van der Waals surface area contributed by atoms with Gasteiger partial charge < -0.3 is 20.1 Å². The second-order valence-electron chi connectivity index (χ2n) is 7.39. The molecule has 0 unspecified atom stereocenters. The molecule has 6 heteroatoms. The van der Waals surface area contributed by atoms with Crippen LogP contribution in [-0.2, 0) is 4.79 Å². The van der Waals surface area contributed by atoms with Crippen LogP contribution in [0.5, 0.6) is 11.5 Å². The third-order valence-corrected chi connectivity index (χ3v) is 4.70. The third-order valence-electron chi connectivity index (χ3n) is 4.70. The lowest BCUT2D eigenvalue weighted by molar-refractivity contribution is -0.115. The monoisotopic (exact) mass is 398 g/mol. The van der Waals surface area contributed by atoms with E-state index in [1.165, 1.54) is 14.2 Å². The molecule has 0 aliphatic rings. The van der Waals surface area contributed by atoms with Crippen molar-refractivity contribution < 1.29 is 19.1 Å². The normalized spacial score (nSPS) is 10.8. The van der Waals surface area contributed by atoms with Gasteiger partial charge >= 0.3 is 0 Å². The molecule has 6 nitrogen and oxygen atoms in total. The Morgan fingerprint density at radius 1 is 0.862 bits per heavy atom. The minimum atomic E-state index is -0.435. The predicted molar refractivity (Wildman–Crippen MR) is 115 cm³/mol. The molecular weight excluding hydrogens is 368 g/mol. The second kappa shape index (κ2) is 9.96. The van der Waals surface area contributed by atoms with Crippen LogP contribution in [0.1, 0.15) is 61.0 Å².